The van der Waals surface area contributed by atoms with Crippen molar-refractivity contribution in [3.05, 3.63) is 65.5 Å². The number of hydrogen-bond acceptors (Lipinski definition) is 5. The molecule has 3 aromatic rings. The zero-order valence-corrected chi connectivity index (χ0v) is 16.4. The number of benzene rings is 1. The van der Waals surface area contributed by atoms with E-state index in [1.54, 1.807) is 12.3 Å². The first-order valence-electron chi connectivity index (χ1n) is 9.74. The van der Waals surface area contributed by atoms with Crippen LogP contribution in [0.25, 0.3) is 17.0 Å². The van der Waals surface area contributed by atoms with E-state index >= 15 is 0 Å². The fourth-order valence-corrected chi connectivity index (χ4v) is 3.32. The SMILES string of the molecule is COC(=O)/C=C/c1ccc(C#Cc2ccc3oc(N4CCCCC4)cc3c2)nc1. The Kier molecular flexibility index (Phi) is 5.62. The van der Waals surface area contributed by atoms with Gasteiger partial charge in [0.2, 0.25) is 0 Å². The van der Waals surface area contributed by atoms with Gasteiger partial charge >= 0.3 is 5.97 Å². The third-order valence-corrected chi connectivity index (χ3v) is 4.91. The van der Waals surface area contributed by atoms with Crippen molar-refractivity contribution >= 4 is 28.9 Å². The minimum absolute atomic E-state index is 0.396. The van der Waals surface area contributed by atoms with Crippen LogP contribution < -0.4 is 4.90 Å². The summed E-state index contributed by atoms with van der Waals surface area (Å²) < 4.78 is 10.6. The molecule has 29 heavy (non-hydrogen) atoms. The average Bonchev–Trinajstić information content (AvgIpc) is 3.21. The third-order valence-electron chi connectivity index (χ3n) is 4.91. The van der Waals surface area contributed by atoms with Gasteiger partial charge in [0, 0.05) is 42.4 Å². The average molecular weight is 386 g/mol. The number of carbonyl (C=O) groups excluding carboxylic acids is 1. The number of furan rings is 1. The van der Waals surface area contributed by atoms with Gasteiger partial charge in [0.05, 0.1) is 7.11 Å². The number of ether oxygens (including phenoxy) is 1. The smallest absolute Gasteiger partial charge is 0.330 e. The quantitative estimate of drug-likeness (QED) is 0.379. The van der Waals surface area contributed by atoms with E-state index in [1.165, 1.54) is 32.4 Å². The van der Waals surface area contributed by atoms with E-state index in [4.69, 9.17) is 4.42 Å². The van der Waals surface area contributed by atoms with Crippen molar-refractivity contribution in [2.24, 2.45) is 0 Å². The lowest BCUT2D eigenvalue weighted by atomic mass is 10.1. The van der Waals surface area contributed by atoms with E-state index in [9.17, 15) is 4.79 Å². The van der Waals surface area contributed by atoms with Crippen LogP contribution in [0, 0.1) is 11.8 Å². The molecule has 0 radical (unpaired) electrons. The van der Waals surface area contributed by atoms with E-state index in [2.05, 4.69) is 32.5 Å². The molecule has 146 valence electrons. The summed E-state index contributed by atoms with van der Waals surface area (Å²) in [7, 11) is 1.35. The summed E-state index contributed by atoms with van der Waals surface area (Å²) in [6.07, 6.45) is 8.43. The van der Waals surface area contributed by atoms with Crippen LogP contribution in [-0.4, -0.2) is 31.2 Å². The van der Waals surface area contributed by atoms with Crippen molar-refractivity contribution in [3.63, 3.8) is 0 Å². The molecule has 5 nitrogen and oxygen atoms in total. The Labute approximate surface area is 170 Å². The van der Waals surface area contributed by atoms with Crippen molar-refractivity contribution in [2.45, 2.75) is 19.3 Å². The van der Waals surface area contributed by atoms with Gasteiger partial charge in [-0.1, -0.05) is 12.0 Å². The van der Waals surface area contributed by atoms with Crippen molar-refractivity contribution in [3.8, 4) is 11.8 Å². The highest BCUT2D eigenvalue weighted by molar-refractivity contribution is 5.86. The highest BCUT2D eigenvalue weighted by atomic mass is 16.5. The highest BCUT2D eigenvalue weighted by Crippen LogP contribution is 2.28. The molecule has 0 atom stereocenters. The Balaban J connectivity index is 1.49. The van der Waals surface area contributed by atoms with Gasteiger partial charge in [0.25, 0.3) is 0 Å². The molecule has 0 spiro atoms. The molecule has 5 heteroatoms. The molecule has 1 fully saturated rings. The fourth-order valence-electron chi connectivity index (χ4n) is 3.32. The molecule has 1 aromatic carbocycles. The van der Waals surface area contributed by atoms with Crippen LogP contribution in [-0.2, 0) is 9.53 Å². The van der Waals surface area contributed by atoms with Gasteiger partial charge in [0.1, 0.15) is 11.3 Å². The Morgan fingerprint density at radius 2 is 2.00 bits per heavy atom. The number of nitrogens with zero attached hydrogens (tertiary/aromatic N) is 2. The number of esters is 1. The molecule has 0 N–H and O–H groups in total. The van der Waals surface area contributed by atoms with Crippen molar-refractivity contribution < 1.29 is 13.9 Å². The number of hydrogen-bond donors (Lipinski definition) is 0. The van der Waals surface area contributed by atoms with E-state index < -0.39 is 5.97 Å². The summed E-state index contributed by atoms with van der Waals surface area (Å²) >= 11 is 0. The minimum Gasteiger partial charge on any atom is -0.466 e. The molecule has 3 heterocycles. The number of methoxy groups -OCH3 is 1. The Hall–Kier alpha value is -3.52. The van der Waals surface area contributed by atoms with Crippen LogP contribution in [0.2, 0.25) is 0 Å². The van der Waals surface area contributed by atoms with Crippen molar-refractivity contribution in [2.75, 3.05) is 25.1 Å². The van der Waals surface area contributed by atoms with Gasteiger partial charge in [-0.2, -0.15) is 0 Å². The van der Waals surface area contributed by atoms with E-state index in [1.807, 2.05) is 30.3 Å². The number of piperidine rings is 1. The molecule has 1 aliphatic heterocycles. The van der Waals surface area contributed by atoms with Crippen LogP contribution in [0.4, 0.5) is 5.88 Å². The molecule has 4 rings (SSSR count). The first-order chi connectivity index (χ1) is 14.2. The van der Waals surface area contributed by atoms with E-state index in [-0.39, 0.29) is 0 Å². The number of carbonyl (C=O) groups is 1. The fraction of sp³-hybridized carbons (Fsp3) is 0.250. The Bertz CT molecular complexity index is 1090. The lowest BCUT2D eigenvalue weighted by Gasteiger charge is -2.25. The summed E-state index contributed by atoms with van der Waals surface area (Å²) in [6, 6.07) is 11.8. The zero-order chi connectivity index (χ0) is 20.1. The lowest BCUT2D eigenvalue weighted by molar-refractivity contribution is -0.134. The summed E-state index contributed by atoms with van der Waals surface area (Å²) in [6.45, 7) is 2.12. The molecule has 2 aromatic heterocycles. The van der Waals surface area contributed by atoms with Crippen LogP contribution >= 0.6 is 0 Å². The largest absolute Gasteiger partial charge is 0.466 e. The number of rotatable bonds is 3. The summed E-state index contributed by atoms with van der Waals surface area (Å²) in [4.78, 5) is 17.8. The second-order valence-electron chi connectivity index (χ2n) is 6.97. The topological polar surface area (TPSA) is 55.6 Å². The van der Waals surface area contributed by atoms with Gasteiger partial charge < -0.3 is 14.1 Å². The van der Waals surface area contributed by atoms with Gasteiger partial charge in [-0.25, -0.2) is 9.78 Å². The van der Waals surface area contributed by atoms with Gasteiger partial charge in [-0.05, 0) is 61.1 Å². The maximum atomic E-state index is 11.1. The van der Waals surface area contributed by atoms with E-state index in [0.29, 0.717) is 5.69 Å². The second-order valence-corrected chi connectivity index (χ2v) is 6.97. The van der Waals surface area contributed by atoms with Gasteiger partial charge in [-0.3, -0.25) is 0 Å². The minimum atomic E-state index is -0.396. The maximum Gasteiger partial charge on any atom is 0.330 e. The molecule has 0 unspecified atom stereocenters. The summed E-state index contributed by atoms with van der Waals surface area (Å²) in [5.74, 6) is 6.79. The van der Waals surface area contributed by atoms with Crippen LogP contribution in [0.3, 0.4) is 0 Å². The van der Waals surface area contributed by atoms with Crippen molar-refractivity contribution in [1.29, 1.82) is 0 Å². The second kappa shape index (κ2) is 8.66. The zero-order valence-electron chi connectivity index (χ0n) is 16.4. The van der Waals surface area contributed by atoms with Crippen LogP contribution in [0.15, 0.2) is 53.1 Å². The van der Waals surface area contributed by atoms with E-state index in [0.717, 1.165) is 41.1 Å². The predicted octanol–water partition coefficient (Wildman–Crippen LogP) is 4.40. The molecular weight excluding hydrogens is 364 g/mol. The third kappa shape index (κ3) is 4.67. The van der Waals surface area contributed by atoms with Gasteiger partial charge in [0.15, 0.2) is 5.88 Å². The summed E-state index contributed by atoms with van der Waals surface area (Å²) in [5, 5.41) is 1.06. The lowest BCUT2D eigenvalue weighted by Crippen LogP contribution is -2.28. The van der Waals surface area contributed by atoms with Gasteiger partial charge in [-0.15, -0.1) is 0 Å². The normalized spacial score (nSPS) is 14.0. The monoisotopic (exact) mass is 386 g/mol. The molecule has 1 aliphatic rings. The number of anilines is 1. The molecular formula is C24H22N2O3. The molecule has 0 saturated carbocycles. The maximum absolute atomic E-state index is 11.1. The Morgan fingerprint density at radius 3 is 2.76 bits per heavy atom. The number of fused-ring (bicyclic) bond motifs is 1. The molecule has 1 saturated heterocycles. The van der Waals surface area contributed by atoms with Crippen LogP contribution in [0.5, 0.6) is 0 Å². The number of aromatic nitrogens is 1. The summed E-state index contributed by atoms with van der Waals surface area (Å²) in [5.41, 5.74) is 3.28. The predicted molar refractivity (Wildman–Crippen MR) is 114 cm³/mol. The molecule has 0 bridgehead atoms. The first kappa shape index (κ1) is 18.8. The van der Waals surface area contributed by atoms with Crippen molar-refractivity contribution in [1.82, 2.24) is 4.98 Å². The van der Waals surface area contributed by atoms with Crippen LogP contribution in [0.1, 0.15) is 36.1 Å². The first-order valence-corrected chi connectivity index (χ1v) is 9.74. The molecule has 0 aliphatic carbocycles. The molecule has 0 amide bonds. The highest BCUT2D eigenvalue weighted by Gasteiger charge is 2.15. The Morgan fingerprint density at radius 1 is 1.14 bits per heavy atom. The number of pyridine rings is 1. The standard InChI is InChI=1S/C24H22N2O3/c1-28-24(27)12-8-19-6-10-21(25-17-19)9-5-18-7-11-22-20(15-18)16-23(29-22)26-13-3-2-4-14-26/h6-8,10-12,15-17H,2-4,13-14H2,1H3/b12-8+.